The maximum atomic E-state index is 13.0. The van der Waals surface area contributed by atoms with Crippen molar-refractivity contribution >= 4 is 60.7 Å². The summed E-state index contributed by atoms with van der Waals surface area (Å²) in [6, 6.07) is 3.84. The number of hydrogen-bond donors (Lipinski definition) is 2. The summed E-state index contributed by atoms with van der Waals surface area (Å²) in [6.07, 6.45) is 3.77. The molecule has 0 spiro atoms. The summed E-state index contributed by atoms with van der Waals surface area (Å²) in [7, 11) is 3.39. The Morgan fingerprint density at radius 3 is 2.94 bits per heavy atom. The summed E-state index contributed by atoms with van der Waals surface area (Å²) >= 11 is 2.95. The molecule has 1 atom stereocenters. The van der Waals surface area contributed by atoms with Crippen LogP contribution in [0.3, 0.4) is 0 Å². The molecule has 3 aromatic heterocycles. The second kappa shape index (κ2) is 8.71. The number of amides is 1. The highest BCUT2D eigenvalue weighted by Gasteiger charge is 2.32. The van der Waals surface area contributed by atoms with Crippen molar-refractivity contribution in [3.05, 3.63) is 28.9 Å². The highest BCUT2D eigenvalue weighted by Crippen LogP contribution is 2.42. The Morgan fingerprint density at radius 2 is 2.18 bits per heavy atom. The third-order valence-corrected chi connectivity index (χ3v) is 7.87. The van der Waals surface area contributed by atoms with Crippen LogP contribution in [0.1, 0.15) is 30.7 Å². The number of carbonyl (C=O) groups excluding carboxylic acids is 1. The Morgan fingerprint density at radius 1 is 1.35 bits per heavy atom. The first-order valence-corrected chi connectivity index (χ1v) is 12.6. The number of nitrogens with one attached hydrogen (secondary N) is 1. The molecule has 2 N–H and O–H groups in total. The van der Waals surface area contributed by atoms with Gasteiger partial charge in [0, 0.05) is 30.5 Å². The van der Waals surface area contributed by atoms with Crippen LogP contribution in [-0.2, 0) is 17.6 Å². The average molecular weight is 499 g/mol. The fourth-order valence-corrected chi connectivity index (χ4v) is 6.44. The van der Waals surface area contributed by atoms with Gasteiger partial charge in [-0.2, -0.15) is 0 Å². The molecule has 178 valence electrons. The molecular formula is C23H26N6O3S2. The van der Waals surface area contributed by atoms with E-state index in [1.807, 2.05) is 12.1 Å². The number of aryl methyl sites for hydroxylation is 1. The minimum Gasteiger partial charge on any atom is -0.494 e. The monoisotopic (exact) mass is 498 g/mol. The SMILES string of the molecule is COc1cc2nnsc2cc1Nc1ncnc2sc3c(c12)CC[C@H](C(=O)N(C)CC(C)(C)O)C3. The van der Waals surface area contributed by atoms with Crippen molar-refractivity contribution in [1.29, 1.82) is 0 Å². The van der Waals surface area contributed by atoms with Gasteiger partial charge in [0.05, 0.1) is 28.5 Å². The first-order chi connectivity index (χ1) is 16.2. The Bertz CT molecular complexity index is 1380. The fourth-order valence-electron chi connectivity index (χ4n) is 4.59. The summed E-state index contributed by atoms with van der Waals surface area (Å²) in [5, 5.41) is 18.7. The predicted octanol–water partition coefficient (Wildman–Crippen LogP) is 3.78. The summed E-state index contributed by atoms with van der Waals surface area (Å²) in [5.41, 5.74) is 1.87. The molecule has 1 amide bonds. The quantitative estimate of drug-likeness (QED) is 0.413. The Kier molecular flexibility index (Phi) is 5.86. The normalized spacial score (nSPS) is 16.0. The van der Waals surface area contributed by atoms with Crippen LogP contribution in [0.5, 0.6) is 5.75 Å². The predicted molar refractivity (Wildman–Crippen MR) is 134 cm³/mol. The van der Waals surface area contributed by atoms with E-state index in [-0.39, 0.29) is 11.8 Å². The van der Waals surface area contributed by atoms with Crippen molar-refractivity contribution in [2.24, 2.45) is 5.92 Å². The lowest BCUT2D eigenvalue weighted by molar-refractivity contribution is -0.137. The lowest BCUT2D eigenvalue weighted by atomic mass is 9.86. The Hall–Kier alpha value is -2.89. The van der Waals surface area contributed by atoms with Gasteiger partial charge in [-0.3, -0.25) is 4.79 Å². The lowest BCUT2D eigenvalue weighted by Gasteiger charge is -2.30. The third kappa shape index (κ3) is 4.30. The average Bonchev–Trinajstić information content (AvgIpc) is 3.40. The van der Waals surface area contributed by atoms with E-state index in [1.165, 1.54) is 22.0 Å². The highest BCUT2D eigenvalue weighted by atomic mass is 32.1. The van der Waals surface area contributed by atoms with Gasteiger partial charge in [-0.05, 0) is 56.3 Å². The molecule has 9 nitrogen and oxygen atoms in total. The van der Waals surface area contributed by atoms with E-state index in [9.17, 15) is 9.90 Å². The molecular weight excluding hydrogens is 472 g/mol. The maximum Gasteiger partial charge on any atom is 0.225 e. The van der Waals surface area contributed by atoms with Gasteiger partial charge in [-0.15, -0.1) is 16.4 Å². The molecule has 0 bridgehead atoms. The van der Waals surface area contributed by atoms with E-state index in [1.54, 1.807) is 50.6 Å². The molecule has 4 aromatic rings. The first-order valence-electron chi connectivity index (χ1n) is 11.0. The van der Waals surface area contributed by atoms with Crippen LogP contribution in [0.2, 0.25) is 0 Å². The summed E-state index contributed by atoms with van der Waals surface area (Å²) in [5.74, 6) is 1.36. The number of anilines is 2. The molecule has 0 fully saturated rings. The van der Waals surface area contributed by atoms with Crippen LogP contribution < -0.4 is 10.1 Å². The number of fused-ring (bicyclic) bond motifs is 4. The topological polar surface area (TPSA) is 113 Å². The molecule has 0 saturated heterocycles. The van der Waals surface area contributed by atoms with E-state index >= 15 is 0 Å². The number of carbonyl (C=O) groups is 1. The van der Waals surface area contributed by atoms with Crippen molar-refractivity contribution in [1.82, 2.24) is 24.5 Å². The van der Waals surface area contributed by atoms with Crippen LogP contribution in [0.15, 0.2) is 18.5 Å². The smallest absolute Gasteiger partial charge is 0.225 e. The maximum absolute atomic E-state index is 13.0. The molecule has 5 rings (SSSR count). The van der Waals surface area contributed by atoms with E-state index in [0.717, 1.165) is 44.8 Å². The molecule has 0 aliphatic heterocycles. The number of aliphatic hydroxyl groups is 1. The van der Waals surface area contributed by atoms with Gasteiger partial charge in [0.2, 0.25) is 5.91 Å². The minimum atomic E-state index is -0.919. The molecule has 0 radical (unpaired) electrons. The second-order valence-electron chi connectivity index (χ2n) is 9.27. The molecule has 1 aliphatic rings. The molecule has 11 heteroatoms. The number of aromatic nitrogens is 4. The number of likely N-dealkylation sites (N-methyl/N-ethyl adjacent to an activating group) is 1. The van der Waals surface area contributed by atoms with Crippen LogP contribution in [0, 0.1) is 5.92 Å². The van der Waals surface area contributed by atoms with Crippen LogP contribution in [-0.4, -0.2) is 61.8 Å². The molecule has 3 heterocycles. The summed E-state index contributed by atoms with van der Waals surface area (Å²) in [6.45, 7) is 3.74. The number of methoxy groups -OCH3 is 1. The Labute approximate surface area is 205 Å². The van der Waals surface area contributed by atoms with Gasteiger partial charge in [0.1, 0.15) is 28.2 Å². The zero-order valence-corrected chi connectivity index (χ0v) is 21.1. The van der Waals surface area contributed by atoms with E-state index in [4.69, 9.17) is 4.74 Å². The number of nitrogens with zero attached hydrogens (tertiary/aromatic N) is 5. The van der Waals surface area contributed by atoms with Gasteiger partial charge in [0.25, 0.3) is 0 Å². The van der Waals surface area contributed by atoms with Crippen molar-refractivity contribution in [3.63, 3.8) is 0 Å². The largest absolute Gasteiger partial charge is 0.494 e. The molecule has 34 heavy (non-hydrogen) atoms. The zero-order valence-electron chi connectivity index (χ0n) is 19.5. The third-order valence-electron chi connectivity index (χ3n) is 6.02. The molecule has 1 aliphatic carbocycles. The van der Waals surface area contributed by atoms with E-state index < -0.39 is 5.60 Å². The van der Waals surface area contributed by atoms with Gasteiger partial charge in [0.15, 0.2) is 0 Å². The molecule has 1 aromatic carbocycles. The van der Waals surface area contributed by atoms with Crippen molar-refractivity contribution in [2.45, 2.75) is 38.7 Å². The van der Waals surface area contributed by atoms with E-state index in [2.05, 4.69) is 24.9 Å². The van der Waals surface area contributed by atoms with Crippen molar-refractivity contribution < 1.29 is 14.6 Å². The Balaban J connectivity index is 1.45. The molecule has 0 saturated carbocycles. The van der Waals surface area contributed by atoms with Crippen LogP contribution in [0.25, 0.3) is 20.4 Å². The number of benzene rings is 1. The standard InChI is InChI=1S/C23H26N6O3S2/c1-23(2,31)10-29(3)22(30)12-5-6-13-17(7-12)33-21-19(13)20(24-11-25-21)26-14-9-18-15(27-28-34-18)8-16(14)32-4/h8-9,11-12,31H,5-7,10H2,1-4H3,(H,24,25,26)/t12-/m0/s1. The van der Waals surface area contributed by atoms with Crippen molar-refractivity contribution in [3.8, 4) is 5.75 Å². The number of ether oxygens (including phenoxy) is 1. The fraction of sp³-hybridized carbons (Fsp3) is 0.435. The van der Waals surface area contributed by atoms with Crippen LogP contribution in [0.4, 0.5) is 11.5 Å². The van der Waals surface area contributed by atoms with Gasteiger partial charge < -0.3 is 20.1 Å². The van der Waals surface area contributed by atoms with Crippen LogP contribution >= 0.6 is 22.9 Å². The van der Waals surface area contributed by atoms with E-state index in [0.29, 0.717) is 18.7 Å². The number of rotatable bonds is 6. The molecule has 0 unspecified atom stereocenters. The summed E-state index contributed by atoms with van der Waals surface area (Å²) in [4.78, 5) is 25.8. The zero-order chi connectivity index (χ0) is 24.0. The van der Waals surface area contributed by atoms with Gasteiger partial charge >= 0.3 is 0 Å². The first kappa shape index (κ1) is 22.9. The van der Waals surface area contributed by atoms with Gasteiger partial charge in [-0.1, -0.05) is 4.49 Å². The van der Waals surface area contributed by atoms with Gasteiger partial charge in [-0.25, -0.2) is 9.97 Å². The lowest BCUT2D eigenvalue weighted by Crippen LogP contribution is -2.43. The van der Waals surface area contributed by atoms with Crippen molar-refractivity contribution in [2.75, 3.05) is 26.0 Å². The highest BCUT2D eigenvalue weighted by molar-refractivity contribution is 7.19. The second-order valence-corrected chi connectivity index (χ2v) is 11.1. The number of hydrogen-bond acceptors (Lipinski definition) is 10. The number of thiophene rings is 1. The minimum absolute atomic E-state index is 0.0749. The summed E-state index contributed by atoms with van der Waals surface area (Å²) < 4.78 is 10.5.